The molecule has 1 atom stereocenters. The summed E-state index contributed by atoms with van der Waals surface area (Å²) in [6.07, 6.45) is 2.56. The highest BCUT2D eigenvalue weighted by atomic mass is 19.1. The molecule has 1 amide bonds. The lowest BCUT2D eigenvalue weighted by Gasteiger charge is -2.29. The van der Waals surface area contributed by atoms with Gasteiger partial charge in [0, 0.05) is 37.5 Å². The highest BCUT2D eigenvalue weighted by Gasteiger charge is 2.22. The number of piperidine rings is 1. The van der Waals surface area contributed by atoms with Gasteiger partial charge in [0.2, 0.25) is 5.91 Å². The second kappa shape index (κ2) is 8.89. The Labute approximate surface area is 142 Å². The van der Waals surface area contributed by atoms with Crippen LogP contribution in [0.25, 0.3) is 0 Å². The van der Waals surface area contributed by atoms with Crippen LogP contribution in [0.5, 0.6) is 0 Å². The van der Waals surface area contributed by atoms with E-state index in [0.717, 1.165) is 25.9 Å². The van der Waals surface area contributed by atoms with Gasteiger partial charge in [-0.2, -0.15) is 5.06 Å². The van der Waals surface area contributed by atoms with Crippen molar-refractivity contribution in [3.05, 3.63) is 35.6 Å². The Hall–Kier alpha value is -1.79. The maximum atomic E-state index is 12.9. The molecular formula is C18H25FN2O3. The van der Waals surface area contributed by atoms with Crippen molar-refractivity contribution >= 4 is 11.7 Å². The normalized spacial score (nSPS) is 17.5. The molecule has 0 bridgehead atoms. The van der Waals surface area contributed by atoms with Crippen LogP contribution in [0.3, 0.4) is 0 Å². The number of hydroxylamine groups is 2. The lowest BCUT2D eigenvalue weighted by Crippen LogP contribution is -2.38. The fraction of sp³-hybridized carbons (Fsp3) is 0.556. The number of carbonyl (C=O) groups is 2. The minimum atomic E-state index is -0.368. The first kappa shape index (κ1) is 18.5. The molecule has 0 saturated carbocycles. The van der Waals surface area contributed by atoms with E-state index in [1.807, 2.05) is 12.0 Å². The Balaban J connectivity index is 1.73. The van der Waals surface area contributed by atoms with Gasteiger partial charge in [-0.1, -0.05) is 0 Å². The molecule has 1 heterocycles. The fourth-order valence-electron chi connectivity index (χ4n) is 2.97. The molecule has 0 aromatic heterocycles. The predicted molar refractivity (Wildman–Crippen MR) is 88.9 cm³/mol. The average molecular weight is 336 g/mol. The number of nitrogens with one attached hydrogen (secondary N) is 1. The summed E-state index contributed by atoms with van der Waals surface area (Å²) >= 11 is 0. The summed E-state index contributed by atoms with van der Waals surface area (Å²) in [5.41, 5.74) is 0.462. The smallest absolute Gasteiger partial charge is 0.220 e. The van der Waals surface area contributed by atoms with Crippen molar-refractivity contribution in [2.24, 2.45) is 5.92 Å². The predicted octanol–water partition coefficient (Wildman–Crippen LogP) is 2.57. The fourth-order valence-corrected chi connectivity index (χ4v) is 2.97. The molecule has 5 nitrogen and oxygen atoms in total. The molecule has 1 aromatic carbocycles. The zero-order valence-corrected chi connectivity index (χ0v) is 14.3. The molecule has 1 aliphatic heterocycles. The van der Waals surface area contributed by atoms with E-state index in [1.54, 1.807) is 7.11 Å². The third-order valence-corrected chi connectivity index (χ3v) is 4.37. The van der Waals surface area contributed by atoms with Crippen LogP contribution in [0.1, 0.15) is 43.0 Å². The first-order chi connectivity index (χ1) is 11.5. The zero-order valence-electron chi connectivity index (χ0n) is 14.3. The van der Waals surface area contributed by atoms with Crippen molar-refractivity contribution in [2.45, 2.75) is 38.6 Å². The minimum absolute atomic E-state index is 0.0229. The first-order valence-corrected chi connectivity index (χ1v) is 8.35. The number of ketones is 1. The van der Waals surface area contributed by atoms with E-state index in [9.17, 15) is 14.0 Å². The monoisotopic (exact) mass is 336 g/mol. The number of Topliss-reactive ketones (excluding diaryl/α,β-unsaturated/α-hetero) is 1. The maximum absolute atomic E-state index is 12.9. The van der Waals surface area contributed by atoms with Gasteiger partial charge in [-0.3, -0.25) is 9.59 Å². The van der Waals surface area contributed by atoms with E-state index >= 15 is 0 Å². The molecule has 1 fully saturated rings. The van der Waals surface area contributed by atoms with Gasteiger partial charge in [0.1, 0.15) is 5.82 Å². The SMILES string of the molecule is CON1CCC(CC(=O)NC(C)CC(=O)c2ccc(F)cc2)CC1. The largest absolute Gasteiger partial charge is 0.353 e. The van der Waals surface area contributed by atoms with Gasteiger partial charge < -0.3 is 10.2 Å². The van der Waals surface area contributed by atoms with Crippen molar-refractivity contribution < 1.29 is 18.8 Å². The van der Waals surface area contributed by atoms with E-state index in [2.05, 4.69) is 5.32 Å². The summed E-state index contributed by atoms with van der Waals surface area (Å²) in [5.74, 6) is -0.134. The molecule has 1 saturated heterocycles. The molecule has 1 aromatic rings. The number of rotatable bonds is 7. The lowest BCUT2D eigenvalue weighted by molar-refractivity contribution is -0.150. The molecular weight excluding hydrogens is 311 g/mol. The van der Waals surface area contributed by atoms with Crippen LogP contribution in [-0.2, 0) is 9.63 Å². The summed E-state index contributed by atoms with van der Waals surface area (Å²) < 4.78 is 12.9. The third-order valence-electron chi connectivity index (χ3n) is 4.37. The quantitative estimate of drug-likeness (QED) is 0.778. The molecule has 132 valence electrons. The second-order valence-corrected chi connectivity index (χ2v) is 6.36. The molecule has 0 radical (unpaired) electrons. The number of carbonyl (C=O) groups excluding carboxylic acids is 2. The van der Waals surface area contributed by atoms with Crippen LogP contribution in [-0.4, -0.2) is 43.0 Å². The minimum Gasteiger partial charge on any atom is -0.353 e. The van der Waals surface area contributed by atoms with Gasteiger partial charge in [0.15, 0.2) is 5.78 Å². The van der Waals surface area contributed by atoms with E-state index in [4.69, 9.17) is 4.84 Å². The summed E-state index contributed by atoms with van der Waals surface area (Å²) in [6.45, 7) is 3.49. The molecule has 0 aliphatic carbocycles. The molecule has 1 unspecified atom stereocenters. The number of hydrogen-bond donors (Lipinski definition) is 1. The maximum Gasteiger partial charge on any atom is 0.220 e. The average Bonchev–Trinajstić information content (AvgIpc) is 2.55. The van der Waals surface area contributed by atoms with Gasteiger partial charge in [-0.15, -0.1) is 0 Å². The Kier molecular flexibility index (Phi) is 6.87. The summed E-state index contributed by atoms with van der Waals surface area (Å²) in [6, 6.07) is 5.23. The third kappa shape index (κ3) is 5.69. The van der Waals surface area contributed by atoms with Crippen LogP contribution < -0.4 is 5.32 Å². The van der Waals surface area contributed by atoms with Crippen LogP contribution in [0.15, 0.2) is 24.3 Å². The summed E-state index contributed by atoms with van der Waals surface area (Å²) in [5, 5.41) is 4.79. The number of benzene rings is 1. The number of halogens is 1. The topological polar surface area (TPSA) is 58.6 Å². The molecule has 24 heavy (non-hydrogen) atoms. The van der Waals surface area contributed by atoms with Crippen LogP contribution in [0, 0.1) is 11.7 Å². The van der Waals surface area contributed by atoms with Crippen molar-refractivity contribution in [1.29, 1.82) is 0 Å². The number of nitrogens with zero attached hydrogens (tertiary/aromatic N) is 1. The van der Waals surface area contributed by atoms with Crippen molar-refractivity contribution in [1.82, 2.24) is 10.4 Å². The Morgan fingerprint density at radius 1 is 1.29 bits per heavy atom. The van der Waals surface area contributed by atoms with Gasteiger partial charge in [-0.25, -0.2) is 4.39 Å². The Bertz CT molecular complexity index is 554. The Morgan fingerprint density at radius 3 is 2.50 bits per heavy atom. The zero-order chi connectivity index (χ0) is 17.5. The van der Waals surface area contributed by atoms with Crippen LogP contribution in [0.4, 0.5) is 4.39 Å². The molecule has 6 heteroatoms. The highest BCUT2D eigenvalue weighted by Crippen LogP contribution is 2.20. The van der Waals surface area contributed by atoms with Crippen molar-refractivity contribution in [3.8, 4) is 0 Å². The summed E-state index contributed by atoms with van der Waals surface area (Å²) in [7, 11) is 1.66. The van der Waals surface area contributed by atoms with E-state index in [-0.39, 0.29) is 30.0 Å². The van der Waals surface area contributed by atoms with Gasteiger partial charge in [-0.05, 0) is 49.9 Å². The number of hydrogen-bond acceptors (Lipinski definition) is 4. The van der Waals surface area contributed by atoms with Gasteiger partial charge >= 0.3 is 0 Å². The molecule has 0 spiro atoms. The van der Waals surface area contributed by atoms with Gasteiger partial charge in [0.25, 0.3) is 0 Å². The highest BCUT2D eigenvalue weighted by molar-refractivity contribution is 5.96. The first-order valence-electron chi connectivity index (χ1n) is 8.35. The van der Waals surface area contributed by atoms with Crippen molar-refractivity contribution in [3.63, 3.8) is 0 Å². The van der Waals surface area contributed by atoms with E-state index in [1.165, 1.54) is 24.3 Å². The second-order valence-electron chi connectivity index (χ2n) is 6.36. The summed E-state index contributed by atoms with van der Waals surface area (Å²) in [4.78, 5) is 29.4. The van der Waals surface area contributed by atoms with Gasteiger partial charge in [0.05, 0.1) is 7.11 Å². The number of amides is 1. The van der Waals surface area contributed by atoms with Crippen LogP contribution in [0.2, 0.25) is 0 Å². The molecule has 1 aliphatic rings. The molecule has 1 N–H and O–H groups in total. The lowest BCUT2D eigenvalue weighted by atomic mass is 9.94. The van der Waals surface area contributed by atoms with Crippen LogP contribution >= 0.6 is 0 Å². The van der Waals surface area contributed by atoms with Crippen molar-refractivity contribution in [2.75, 3.05) is 20.2 Å². The Morgan fingerprint density at radius 2 is 1.92 bits per heavy atom. The van der Waals surface area contributed by atoms with E-state index in [0.29, 0.717) is 17.9 Å². The van der Waals surface area contributed by atoms with E-state index < -0.39 is 0 Å². The molecule has 2 rings (SSSR count). The standard InChI is InChI=1S/C18H25FN2O3/c1-13(11-17(22)15-3-5-16(19)6-4-15)20-18(23)12-14-7-9-21(24-2)10-8-14/h3-6,13-14H,7-12H2,1-2H3,(H,20,23).